The standard InChI is InChI=1S/C11H18N6O2S/c1-3-8(11-13-4-5-14-11)17-20(18,19)10-7(2)15-16-9(10)6-12/h4-5,8,17H,3,6,12H2,1-2H3,(H,13,14)(H,15,16). The van der Waals surface area contributed by atoms with Gasteiger partial charge in [0.25, 0.3) is 0 Å². The molecule has 0 saturated carbocycles. The molecule has 2 heterocycles. The zero-order chi connectivity index (χ0) is 14.8. The lowest BCUT2D eigenvalue weighted by Gasteiger charge is -2.15. The van der Waals surface area contributed by atoms with Crippen molar-refractivity contribution in [2.45, 2.75) is 37.8 Å². The summed E-state index contributed by atoms with van der Waals surface area (Å²) in [6.45, 7) is 3.58. The first-order valence-electron chi connectivity index (χ1n) is 6.25. The summed E-state index contributed by atoms with van der Waals surface area (Å²) in [6, 6.07) is -0.421. The van der Waals surface area contributed by atoms with Gasteiger partial charge in [0.1, 0.15) is 10.7 Å². The van der Waals surface area contributed by atoms with Crippen LogP contribution in [0.1, 0.15) is 36.6 Å². The van der Waals surface area contributed by atoms with Crippen molar-refractivity contribution in [1.82, 2.24) is 24.9 Å². The van der Waals surface area contributed by atoms with Gasteiger partial charge in [-0.05, 0) is 13.3 Å². The van der Waals surface area contributed by atoms with E-state index in [2.05, 4.69) is 24.9 Å². The fourth-order valence-corrected chi connectivity index (χ4v) is 3.67. The number of nitrogens with one attached hydrogen (secondary N) is 3. The van der Waals surface area contributed by atoms with E-state index in [1.807, 2.05) is 6.92 Å². The van der Waals surface area contributed by atoms with Crippen LogP contribution < -0.4 is 10.5 Å². The van der Waals surface area contributed by atoms with Crippen LogP contribution >= 0.6 is 0 Å². The summed E-state index contributed by atoms with van der Waals surface area (Å²) in [7, 11) is -3.71. The fourth-order valence-electron chi connectivity index (χ4n) is 2.01. The highest BCUT2D eigenvalue weighted by Crippen LogP contribution is 2.21. The van der Waals surface area contributed by atoms with Crippen LogP contribution in [0.25, 0.3) is 0 Å². The smallest absolute Gasteiger partial charge is 0.244 e. The van der Waals surface area contributed by atoms with E-state index in [9.17, 15) is 8.42 Å². The molecule has 8 nitrogen and oxygen atoms in total. The van der Waals surface area contributed by atoms with E-state index in [0.29, 0.717) is 23.6 Å². The molecular formula is C11H18N6O2S. The molecule has 20 heavy (non-hydrogen) atoms. The quantitative estimate of drug-likeness (QED) is 0.610. The van der Waals surface area contributed by atoms with Gasteiger partial charge in [-0.3, -0.25) is 5.10 Å². The summed E-state index contributed by atoms with van der Waals surface area (Å²) in [5.41, 5.74) is 6.31. The van der Waals surface area contributed by atoms with Crippen molar-refractivity contribution in [2.75, 3.05) is 0 Å². The number of hydrogen-bond acceptors (Lipinski definition) is 5. The maximum absolute atomic E-state index is 12.5. The van der Waals surface area contributed by atoms with Crippen LogP contribution in [0.2, 0.25) is 0 Å². The second-order valence-corrected chi connectivity index (χ2v) is 6.04. The first-order chi connectivity index (χ1) is 9.49. The number of imidazole rings is 1. The van der Waals surface area contributed by atoms with Crippen LogP contribution in [0, 0.1) is 6.92 Å². The molecule has 0 aromatic carbocycles. The first-order valence-corrected chi connectivity index (χ1v) is 7.73. The van der Waals surface area contributed by atoms with Crippen molar-refractivity contribution in [3.8, 4) is 0 Å². The number of aryl methyl sites for hydroxylation is 1. The molecule has 0 bridgehead atoms. The second-order valence-electron chi connectivity index (χ2n) is 4.39. The fraction of sp³-hybridized carbons (Fsp3) is 0.455. The molecule has 2 rings (SSSR count). The van der Waals surface area contributed by atoms with Crippen LogP contribution in [0.4, 0.5) is 0 Å². The third kappa shape index (κ3) is 2.74. The number of hydrogen-bond donors (Lipinski definition) is 4. The van der Waals surface area contributed by atoms with Crippen LogP contribution in [0.5, 0.6) is 0 Å². The Labute approximate surface area is 117 Å². The number of sulfonamides is 1. The van der Waals surface area contributed by atoms with Crippen LogP contribution in [-0.4, -0.2) is 28.6 Å². The van der Waals surface area contributed by atoms with E-state index in [1.54, 1.807) is 19.3 Å². The van der Waals surface area contributed by atoms with E-state index in [1.165, 1.54) is 0 Å². The zero-order valence-corrected chi connectivity index (χ0v) is 12.2. The van der Waals surface area contributed by atoms with Gasteiger partial charge in [0.05, 0.1) is 17.4 Å². The van der Waals surface area contributed by atoms with Gasteiger partial charge in [0.2, 0.25) is 10.0 Å². The molecule has 2 aromatic heterocycles. The van der Waals surface area contributed by atoms with Crippen LogP contribution in [0.3, 0.4) is 0 Å². The van der Waals surface area contributed by atoms with E-state index in [0.717, 1.165) is 0 Å². The van der Waals surface area contributed by atoms with E-state index in [4.69, 9.17) is 5.73 Å². The van der Waals surface area contributed by atoms with Crippen molar-refractivity contribution in [3.05, 3.63) is 29.6 Å². The molecule has 0 fully saturated rings. The molecule has 5 N–H and O–H groups in total. The lowest BCUT2D eigenvalue weighted by molar-refractivity contribution is 0.538. The molecule has 1 unspecified atom stereocenters. The molecule has 2 aromatic rings. The Balaban J connectivity index is 2.33. The molecule has 110 valence electrons. The highest BCUT2D eigenvalue weighted by molar-refractivity contribution is 7.89. The van der Waals surface area contributed by atoms with Crippen molar-refractivity contribution >= 4 is 10.0 Å². The number of aromatic amines is 2. The largest absolute Gasteiger partial charge is 0.347 e. The van der Waals surface area contributed by atoms with E-state index >= 15 is 0 Å². The lowest BCUT2D eigenvalue weighted by atomic mass is 10.2. The Bertz CT molecular complexity index is 661. The van der Waals surface area contributed by atoms with Gasteiger partial charge >= 0.3 is 0 Å². The maximum atomic E-state index is 12.5. The number of H-pyrrole nitrogens is 2. The molecule has 0 aliphatic heterocycles. The maximum Gasteiger partial charge on any atom is 0.244 e. The molecule has 9 heteroatoms. The van der Waals surface area contributed by atoms with Gasteiger partial charge in [-0.15, -0.1) is 0 Å². The van der Waals surface area contributed by atoms with Gasteiger partial charge in [0.15, 0.2) is 0 Å². The highest BCUT2D eigenvalue weighted by Gasteiger charge is 2.27. The normalized spacial score (nSPS) is 13.6. The zero-order valence-electron chi connectivity index (χ0n) is 11.3. The molecule has 0 aliphatic rings. The number of rotatable bonds is 6. The average molecular weight is 298 g/mol. The lowest BCUT2D eigenvalue weighted by Crippen LogP contribution is -2.30. The van der Waals surface area contributed by atoms with Gasteiger partial charge in [0, 0.05) is 18.9 Å². The summed E-state index contributed by atoms with van der Waals surface area (Å²) in [4.78, 5) is 7.12. The summed E-state index contributed by atoms with van der Waals surface area (Å²) in [6.07, 6.45) is 3.81. The molecule has 1 atom stereocenters. The minimum absolute atomic E-state index is 0.0537. The van der Waals surface area contributed by atoms with Gasteiger partial charge in [-0.1, -0.05) is 6.92 Å². The summed E-state index contributed by atoms with van der Waals surface area (Å²) in [5, 5.41) is 6.55. The predicted octanol–water partition coefficient (Wildman–Crippen LogP) is 0.330. The number of aromatic nitrogens is 4. The van der Waals surface area contributed by atoms with Gasteiger partial charge < -0.3 is 10.7 Å². The SMILES string of the molecule is CCC(NS(=O)(=O)c1c(CN)n[nH]c1C)c1ncc[nH]1. The highest BCUT2D eigenvalue weighted by atomic mass is 32.2. The molecule has 0 radical (unpaired) electrons. The Morgan fingerprint density at radius 3 is 2.80 bits per heavy atom. The van der Waals surface area contributed by atoms with Crippen molar-refractivity contribution in [1.29, 1.82) is 0 Å². The third-order valence-electron chi connectivity index (χ3n) is 2.98. The van der Waals surface area contributed by atoms with Crippen LogP contribution in [-0.2, 0) is 16.6 Å². The summed E-state index contributed by atoms with van der Waals surface area (Å²) < 4.78 is 27.6. The van der Waals surface area contributed by atoms with Gasteiger partial charge in [-0.2, -0.15) is 5.10 Å². The summed E-state index contributed by atoms with van der Waals surface area (Å²) >= 11 is 0. The topological polar surface area (TPSA) is 130 Å². The molecular weight excluding hydrogens is 280 g/mol. The van der Waals surface area contributed by atoms with Crippen molar-refractivity contribution in [3.63, 3.8) is 0 Å². The second kappa shape index (κ2) is 5.73. The van der Waals surface area contributed by atoms with Crippen molar-refractivity contribution in [2.24, 2.45) is 5.73 Å². The monoisotopic (exact) mass is 298 g/mol. The molecule has 0 spiro atoms. The average Bonchev–Trinajstić information content (AvgIpc) is 3.05. The first kappa shape index (κ1) is 14.7. The summed E-state index contributed by atoms with van der Waals surface area (Å²) in [5.74, 6) is 0.575. The number of nitrogens with two attached hydrogens (primary N) is 1. The van der Waals surface area contributed by atoms with Crippen molar-refractivity contribution < 1.29 is 8.42 Å². The Morgan fingerprint density at radius 1 is 1.50 bits per heavy atom. The Morgan fingerprint density at radius 2 is 2.25 bits per heavy atom. The minimum Gasteiger partial charge on any atom is -0.347 e. The molecule has 0 saturated heterocycles. The van der Waals surface area contributed by atoms with Crippen LogP contribution in [0.15, 0.2) is 17.3 Å². The Hall–Kier alpha value is -1.71. The molecule has 0 aliphatic carbocycles. The van der Waals surface area contributed by atoms with Gasteiger partial charge in [-0.25, -0.2) is 18.1 Å². The Kier molecular flexibility index (Phi) is 4.21. The number of nitrogens with zero attached hydrogens (tertiary/aromatic N) is 2. The van der Waals surface area contributed by atoms with E-state index < -0.39 is 16.1 Å². The predicted molar refractivity (Wildman–Crippen MR) is 73.2 cm³/mol. The minimum atomic E-state index is -3.71. The molecule has 0 amide bonds. The van der Waals surface area contributed by atoms with E-state index in [-0.39, 0.29) is 11.4 Å². The third-order valence-corrected chi connectivity index (χ3v) is 4.65.